The van der Waals surface area contributed by atoms with Gasteiger partial charge in [0.1, 0.15) is 5.75 Å². The third-order valence-electron chi connectivity index (χ3n) is 3.02. The fourth-order valence-electron chi connectivity index (χ4n) is 1.98. The van der Waals surface area contributed by atoms with Crippen LogP contribution in [0.15, 0.2) is 29.3 Å². The average Bonchev–Trinajstić information content (AvgIpc) is 2.80. The number of ether oxygens (including phenoxy) is 1. The second-order valence-corrected chi connectivity index (χ2v) is 5.37. The minimum atomic E-state index is -0.134. The van der Waals surface area contributed by atoms with E-state index in [9.17, 15) is 4.79 Å². The van der Waals surface area contributed by atoms with Crippen LogP contribution in [-0.4, -0.2) is 37.0 Å². The molecule has 2 N–H and O–H groups in total. The predicted octanol–water partition coefficient (Wildman–Crippen LogP) is 1.48. The number of amidine groups is 1. The second kappa shape index (κ2) is 5.97. The van der Waals surface area contributed by atoms with Crippen LogP contribution >= 0.6 is 11.8 Å². The Balaban J connectivity index is 2.08. The third-order valence-corrected chi connectivity index (χ3v) is 4.17. The number of thioether (sulfide) groups is 1. The molecule has 0 aromatic heterocycles. The molecule has 1 aliphatic heterocycles. The van der Waals surface area contributed by atoms with Crippen molar-refractivity contribution in [1.82, 2.24) is 0 Å². The van der Waals surface area contributed by atoms with Gasteiger partial charge in [-0.15, -0.1) is 0 Å². The molecule has 0 aliphatic carbocycles. The predicted molar refractivity (Wildman–Crippen MR) is 78.9 cm³/mol. The lowest BCUT2D eigenvalue weighted by Gasteiger charge is -2.16. The molecule has 2 rings (SSSR count). The number of carbonyl (C=O) groups is 1. The molecule has 19 heavy (non-hydrogen) atoms. The molecule has 6 heteroatoms. The summed E-state index contributed by atoms with van der Waals surface area (Å²) >= 11 is 1.33. The Morgan fingerprint density at radius 2 is 2.16 bits per heavy atom. The Kier molecular flexibility index (Phi) is 4.31. The molecule has 1 heterocycles. The fourth-order valence-corrected chi connectivity index (χ4v) is 2.83. The number of hydrogen-bond donors (Lipinski definition) is 1. The van der Waals surface area contributed by atoms with Crippen molar-refractivity contribution >= 4 is 28.5 Å². The summed E-state index contributed by atoms with van der Waals surface area (Å²) in [7, 11) is 3.25. The quantitative estimate of drug-likeness (QED) is 0.672. The maximum Gasteiger partial charge on any atom is 0.240 e. The lowest BCUT2D eigenvalue weighted by molar-refractivity contribution is -0.116. The minimum absolute atomic E-state index is 0.0850. The number of methoxy groups -OCH3 is 1. The van der Waals surface area contributed by atoms with Gasteiger partial charge in [-0.05, 0) is 30.7 Å². The third kappa shape index (κ3) is 3.01. The zero-order valence-electron chi connectivity index (χ0n) is 11.0. The molecule has 1 aromatic rings. The Morgan fingerprint density at radius 3 is 2.74 bits per heavy atom. The van der Waals surface area contributed by atoms with E-state index in [0.29, 0.717) is 11.7 Å². The number of rotatable bonds is 3. The first kappa shape index (κ1) is 13.7. The summed E-state index contributed by atoms with van der Waals surface area (Å²) < 4.78 is 5.11. The molecule has 1 unspecified atom stereocenters. The highest BCUT2D eigenvalue weighted by Gasteiger charge is 2.33. The van der Waals surface area contributed by atoms with Crippen LogP contribution in [0, 0.1) is 0 Å². The summed E-state index contributed by atoms with van der Waals surface area (Å²) in [5.41, 5.74) is 6.55. The van der Waals surface area contributed by atoms with E-state index in [2.05, 4.69) is 4.99 Å². The summed E-state index contributed by atoms with van der Waals surface area (Å²) in [5.74, 6) is 0.866. The molecule has 0 radical (unpaired) electrons. The molecule has 1 amide bonds. The smallest absolute Gasteiger partial charge is 0.240 e. The van der Waals surface area contributed by atoms with Crippen molar-refractivity contribution in [1.29, 1.82) is 0 Å². The molecule has 0 saturated carbocycles. The first-order chi connectivity index (χ1) is 9.15. The van der Waals surface area contributed by atoms with Gasteiger partial charge in [0, 0.05) is 19.3 Å². The molecule has 0 bridgehead atoms. The monoisotopic (exact) mass is 279 g/mol. The van der Waals surface area contributed by atoms with Crippen LogP contribution in [0.25, 0.3) is 0 Å². The van der Waals surface area contributed by atoms with Gasteiger partial charge in [0.05, 0.1) is 12.4 Å². The van der Waals surface area contributed by atoms with E-state index in [1.54, 1.807) is 19.1 Å². The average molecular weight is 279 g/mol. The molecule has 102 valence electrons. The molecule has 1 aliphatic rings. The van der Waals surface area contributed by atoms with Crippen LogP contribution in [-0.2, 0) is 4.79 Å². The van der Waals surface area contributed by atoms with Crippen molar-refractivity contribution < 1.29 is 9.53 Å². The van der Waals surface area contributed by atoms with Crippen molar-refractivity contribution in [3.8, 4) is 5.75 Å². The molecule has 1 aromatic carbocycles. The van der Waals surface area contributed by atoms with E-state index in [0.717, 1.165) is 17.9 Å². The Morgan fingerprint density at radius 1 is 1.47 bits per heavy atom. The summed E-state index contributed by atoms with van der Waals surface area (Å²) in [6, 6.07) is 7.48. The number of benzene rings is 1. The highest BCUT2D eigenvalue weighted by Crippen LogP contribution is 2.29. The number of amides is 1. The van der Waals surface area contributed by atoms with E-state index >= 15 is 0 Å². The molecule has 1 fully saturated rings. The number of nitrogens with zero attached hydrogens (tertiary/aromatic N) is 2. The fraction of sp³-hybridized carbons (Fsp3) is 0.385. The van der Waals surface area contributed by atoms with Crippen LogP contribution in [0.2, 0.25) is 0 Å². The Labute approximate surface area is 116 Å². The summed E-state index contributed by atoms with van der Waals surface area (Å²) in [6.45, 7) is 0.708. The van der Waals surface area contributed by atoms with Gasteiger partial charge in [0.2, 0.25) is 5.91 Å². The molecule has 0 spiro atoms. The van der Waals surface area contributed by atoms with Gasteiger partial charge in [0.15, 0.2) is 5.17 Å². The zero-order valence-corrected chi connectivity index (χ0v) is 11.8. The van der Waals surface area contributed by atoms with E-state index < -0.39 is 0 Å². The first-order valence-electron chi connectivity index (χ1n) is 6.00. The molecule has 5 nitrogen and oxygen atoms in total. The second-order valence-electron chi connectivity index (χ2n) is 4.14. The van der Waals surface area contributed by atoms with Crippen LogP contribution < -0.4 is 15.4 Å². The summed E-state index contributed by atoms with van der Waals surface area (Å²) in [5, 5.41) is 0.320. The summed E-state index contributed by atoms with van der Waals surface area (Å²) in [4.78, 5) is 17.9. The number of anilines is 1. The number of aliphatic imine (C=N–C) groups is 1. The van der Waals surface area contributed by atoms with Gasteiger partial charge in [-0.1, -0.05) is 11.8 Å². The molecular formula is C13H17N3O2S. The highest BCUT2D eigenvalue weighted by atomic mass is 32.2. The molecular weight excluding hydrogens is 262 g/mol. The van der Waals surface area contributed by atoms with E-state index in [-0.39, 0.29) is 11.2 Å². The largest absolute Gasteiger partial charge is 0.497 e. The van der Waals surface area contributed by atoms with Crippen molar-refractivity contribution in [3.05, 3.63) is 24.3 Å². The highest BCUT2D eigenvalue weighted by molar-refractivity contribution is 8.14. The van der Waals surface area contributed by atoms with Gasteiger partial charge in [-0.3, -0.25) is 9.79 Å². The van der Waals surface area contributed by atoms with Crippen molar-refractivity contribution in [2.45, 2.75) is 11.7 Å². The zero-order chi connectivity index (χ0) is 13.8. The van der Waals surface area contributed by atoms with Gasteiger partial charge in [0.25, 0.3) is 0 Å². The standard InChI is InChI=1S/C13H17N3O2S/c1-15-13(14)19-11-7-8-16(12(11)17)9-3-5-10(18-2)6-4-9/h3-6,11H,7-8H2,1-2H3,(H2,14,15). The molecule has 1 atom stereocenters. The van der Waals surface area contributed by atoms with Crippen molar-refractivity contribution in [2.24, 2.45) is 10.7 Å². The number of carbonyl (C=O) groups excluding carboxylic acids is 1. The number of nitrogens with two attached hydrogens (primary N) is 1. The van der Waals surface area contributed by atoms with Gasteiger partial charge in [-0.2, -0.15) is 0 Å². The van der Waals surface area contributed by atoms with Crippen LogP contribution in [0.1, 0.15) is 6.42 Å². The normalized spacial score (nSPS) is 19.9. The van der Waals surface area contributed by atoms with Gasteiger partial charge in [-0.25, -0.2) is 0 Å². The SMILES string of the molecule is CN=C(N)SC1CCN(c2ccc(OC)cc2)C1=O. The van der Waals surface area contributed by atoms with Crippen LogP contribution in [0.5, 0.6) is 5.75 Å². The molecule has 1 saturated heterocycles. The topological polar surface area (TPSA) is 67.9 Å². The lowest BCUT2D eigenvalue weighted by atomic mass is 10.3. The van der Waals surface area contributed by atoms with Gasteiger partial charge < -0.3 is 15.4 Å². The van der Waals surface area contributed by atoms with E-state index in [1.165, 1.54) is 11.8 Å². The summed E-state index contributed by atoms with van der Waals surface area (Å²) in [6.07, 6.45) is 0.783. The van der Waals surface area contributed by atoms with Crippen molar-refractivity contribution in [2.75, 3.05) is 25.6 Å². The van der Waals surface area contributed by atoms with Crippen LogP contribution in [0.3, 0.4) is 0 Å². The Bertz CT molecular complexity index is 487. The first-order valence-corrected chi connectivity index (χ1v) is 6.88. The van der Waals surface area contributed by atoms with Crippen molar-refractivity contribution in [3.63, 3.8) is 0 Å². The van der Waals surface area contributed by atoms with E-state index in [1.807, 2.05) is 24.3 Å². The van der Waals surface area contributed by atoms with Crippen LogP contribution in [0.4, 0.5) is 5.69 Å². The van der Waals surface area contributed by atoms with Gasteiger partial charge >= 0.3 is 0 Å². The Hall–Kier alpha value is -1.69. The maximum absolute atomic E-state index is 12.3. The maximum atomic E-state index is 12.3. The van der Waals surface area contributed by atoms with E-state index in [4.69, 9.17) is 10.5 Å². The minimum Gasteiger partial charge on any atom is -0.497 e. The lowest BCUT2D eigenvalue weighted by Crippen LogP contribution is -2.29. The number of hydrogen-bond acceptors (Lipinski definition) is 4.